The van der Waals surface area contributed by atoms with E-state index >= 15 is 0 Å². The molecule has 3 aromatic rings. The molecular weight excluding hydrogens is 398 g/mol. The Kier molecular flexibility index (Phi) is 5.77. The maximum atomic E-state index is 12.6. The van der Waals surface area contributed by atoms with E-state index in [1.165, 1.54) is 18.5 Å². The van der Waals surface area contributed by atoms with Crippen molar-refractivity contribution in [1.82, 2.24) is 24.8 Å². The van der Waals surface area contributed by atoms with Crippen LogP contribution in [0.1, 0.15) is 45.9 Å². The number of imide groups is 1. The average molecular weight is 421 g/mol. The van der Waals surface area contributed by atoms with Crippen molar-refractivity contribution in [2.75, 3.05) is 20.3 Å². The number of nitrogens with one attached hydrogen (secondary N) is 1. The first kappa shape index (κ1) is 20.7. The SMILES string of the molecule is COCCn1c([C@H](C)NC(=O)CCN2C(=O)c3ccncc3C2=O)nc2ccccc21. The number of pyridine rings is 1. The largest absolute Gasteiger partial charge is 0.383 e. The standard InChI is InChI=1S/C22H23N5O4/c1-14(20-25-17-5-3-4-6-18(17)26(20)11-12-31-2)24-19(28)8-10-27-21(29)15-7-9-23-13-16(15)22(27)30/h3-7,9,13-14H,8,10-12H2,1-2H3,(H,24,28)/t14-/m0/s1. The van der Waals surface area contributed by atoms with Crippen molar-refractivity contribution in [3.63, 3.8) is 0 Å². The summed E-state index contributed by atoms with van der Waals surface area (Å²) in [6, 6.07) is 8.92. The number of ether oxygens (including phenoxy) is 1. The summed E-state index contributed by atoms with van der Waals surface area (Å²) in [5.41, 5.74) is 2.40. The molecule has 1 aliphatic rings. The van der Waals surface area contributed by atoms with Gasteiger partial charge in [-0.2, -0.15) is 0 Å². The van der Waals surface area contributed by atoms with Crippen molar-refractivity contribution in [2.45, 2.75) is 25.9 Å². The predicted molar refractivity (Wildman–Crippen MR) is 112 cm³/mol. The van der Waals surface area contributed by atoms with E-state index in [2.05, 4.69) is 15.3 Å². The molecule has 9 heteroatoms. The minimum atomic E-state index is -0.421. The van der Waals surface area contributed by atoms with Gasteiger partial charge in [0, 0.05) is 39.0 Å². The summed E-state index contributed by atoms with van der Waals surface area (Å²) in [5.74, 6) is -0.370. The highest BCUT2D eigenvalue weighted by atomic mass is 16.5. The molecule has 160 valence electrons. The monoisotopic (exact) mass is 421 g/mol. The van der Waals surface area contributed by atoms with Gasteiger partial charge >= 0.3 is 0 Å². The number of imidazole rings is 1. The molecule has 3 amide bonds. The molecule has 0 aliphatic carbocycles. The Bertz CT molecular complexity index is 1120. The van der Waals surface area contributed by atoms with Gasteiger partial charge in [-0.15, -0.1) is 0 Å². The lowest BCUT2D eigenvalue weighted by Gasteiger charge is -2.18. The zero-order valence-electron chi connectivity index (χ0n) is 17.4. The Hall–Kier alpha value is -3.59. The molecule has 1 atom stereocenters. The number of carbonyl (C=O) groups is 3. The number of para-hydroxylation sites is 2. The van der Waals surface area contributed by atoms with Crippen molar-refractivity contribution < 1.29 is 19.1 Å². The molecule has 0 saturated carbocycles. The van der Waals surface area contributed by atoms with Gasteiger partial charge in [0.15, 0.2) is 0 Å². The Labute approximate surface area is 179 Å². The van der Waals surface area contributed by atoms with Crippen molar-refractivity contribution in [3.8, 4) is 0 Å². The average Bonchev–Trinajstić information content (AvgIpc) is 3.26. The Morgan fingerprint density at radius 2 is 1.90 bits per heavy atom. The summed E-state index contributed by atoms with van der Waals surface area (Å²) in [5, 5.41) is 2.92. The van der Waals surface area contributed by atoms with Crippen LogP contribution in [0.5, 0.6) is 0 Å². The molecule has 1 aliphatic heterocycles. The van der Waals surface area contributed by atoms with E-state index in [1.807, 2.05) is 35.8 Å². The first-order valence-electron chi connectivity index (χ1n) is 10.0. The van der Waals surface area contributed by atoms with Gasteiger partial charge in [-0.05, 0) is 25.1 Å². The third-order valence-corrected chi connectivity index (χ3v) is 5.30. The minimum Gasteiger partial charge on any atom is -0.383 e. The lowest BCUT2D eigenvalue weighted by molar-refractivity contribution is -0.121. The molecule has 0 spiro atoms. The number of amides is 3. The van der Waals surface area contributed by atoms with Crippen LogP contribution in [0.3, 0.4) is 0 Å². The number of rotatable bonds is 8. The van der Waals surface area contributed by atoms with E-state index in [0.717, 1.165) is 21.8 Å². The normalized spacial score (nSPS) is 14.2. The van der Waals surface area contributed by atoms with Crippen LogP contribution < -0.4 is 5.32 Å². The number of nitrogens with zero attached hydrogens (tertiary/aromatic N) is 4. The highest BCUT2D eigenvalue weighted by molar-refractivity contribution is 6.21. The fraction of sp³-hybridized carbons (Fsp3) is 0.318. The summed E-state index contributed by atoms with van der Waals surface area (Å²) < 4.78 is 7.24. The molecule has 3 heterocycles. The zero-order valence-corrected chi connectivity index (χ0v) is 17.4. The lowest BCUT2D eigenvalue weighted by Crippen LogP contribution is -2.35. The van der Waals surface area contributed by atoms with Gasteiger partial charge in [0.05, 0.1) is 34.8 Å². The molecule has 1 N–H and O–H groups in total. The van der Waals surface area contributed by atoms with Crippen molar-refractivity contribution in [1.29, 1.82) is 0 Å². The third kappa shape index (κ3) is 3.91. The van der Waals surface area contributed by atoms with E-state index in [9.17, 15) is 14.4 Å². The zero-order chi connectivity index (χ0) is 22.0. The van der Waals surface area contributed by atoms with Gasteiger partial charge in [-0.3, -0.25) is 24.3 Å². The Morgan fingerprint density at radius 1 is 1.13 bits per heavy atom. The lowest BCUT2D eigenvalue weighted by atomic mass is 10.2. The van der Waals surface area contributed by atoms with Gasteiger partial charge in [0.2, 0.25) is 5.91 Å². The summed E-state index contributed by atoms with van der Waals surface area (Å²) in [7, 11) is 1.64. The number of fused-ring (bicyclic) bond motifs is 2. The summed E-state index contributed by atoms with van der Waals surface area (Å²) in [4.78, 5) is 47.1. The number of hydrogen-bond acceptors (Lipinski definition) is 6. The fourth-order valence-electron chi connectivity index (χ4n) is 3.77. The van der Waals surface area contributed by atoms with E-state index < -0.39 is 11.8 Å². The van der Waals surface area contributed by atoms with Crippen LogP contribution in [0.25, 0.3) is 11.0 Å². The van der Waals surface area contributed by atoms with Crippen molar-refractivity contribution in [3.05, 3.63) is 59.7 Å². The smallest absolute Gasteiger partial charge is 0.263 e. The van der Waals surface area contributed by atoms with Crippen molar-refractivity contribution >= 4 is 28.8 Å². The summed E-state index contributed by atoms with van der Waals surface area (Å²) in [6.45, 7) is 2.99. The first-order chi connectivity index (χ1) is 15.0. The Morgan fingerprint density at radius 3 is 2.68 bits per heavy atom. The molecule has 0 unspecified atom stereocenters. The number of aromatic nitrogens is 3. The molecule has 0 fully saturated rings. The number of methoxy groups -OCH3 is 1. The highest BCUT2D eigenvalue weighted by Gasteiger charge is 2.35. The number of carbonyl (C=O) groups excluding carboxylic acids is 3. The molecule has 0 bridgehead atoms. The third-order valence-electron chi connectivity index (χ3n) is 5.30. The quantitative estimate of drug-likeness (QED) is 0.557. The van der Waals surface area contributed by atoms with Crippen LogP contribution in [-0.4, -0.2) is 57.4 Å². The molecule has 9 nitrogen and oxygen atoms in total. The topological polar surface area (TPSA) is 106 Å². The van der Waals surface area contributed by atoms with E-state index in [-0.39, 0.29) is 30.5 Å². The maximum absolute atomic E-state index is 12.6. The van der Waals surface area contributed by atoms with Gasteiger partial charge < -0.3 is 14.6 Å². The van der Waals surface area contributed by atoms with E-state index in [0.29, 0.717) is 18.7 Å². The van der Waals surface area contributed by atoms with Gasteiger partial charge in [0.1, 0.15) is 5.82 Å². The summed E-state index contributed by atoms with van der Waals surface area (Å²) >= 11 is 0. The van der Waals surface area contributed by atoms with Gasteiger partial charge in [-0.1, -0.05) is 12.1 Å². The van der Waals surface area contributed by atoms with E-state index in [4.69, 9.17) is 4.74 Å². The molecule has 0 radical (unpaired) electrons. The van der Waals surface area contributed by atoms with E-state index in [1.54, 1.807) is 7.11 Å². The second-order valence-corrected chi connectivity index (χ2v) is 7.33. The van der Waals surface area contributed by atoms with Crippen LogP contribution in [0, 0.1) is 0 Å². The first-order valence-corrected chi connectivity index (χ1v) is 10.0. The van der Waals surface area contributed by atoms with Gasteiger partial charge in [0.25, 0.3) is 11.8 Å². The van der Waals surface area contributed by atoms with Crippen LogP contribution in [0.15, 0.2) is 42.7 Å². The van der Waals surface area contributed by atoms with Crippen molar-refractivity contribution in [2.24, 2.45) is 0 Å². The molecule has 1 aromatic carbocycles. The number of hydrogen-bond donors (Lipinski definition) is 1. The number of benzene rings is 1. The molecular formula is C22H23N5O4. The molecule has 4 rings (SSSR count). The fourth-order valence-corrected chi connectivity index (χ4v) is 3.77. The molecule has 0 saturated heterocycles. The van der Waals surface area contributed by atoms with Crippen LogP contribution in [-0.2, 0) is 16.1 Å². The second kappa shape index (κ2) is 8.65. The van der Waals surface area contributed by atoms with Crippen LogP contribution in [0.4, 0.5) is 0 Å². The van der Waals surface area contributed by atoms with Gasteiger partial charge in [-0.25, -0.2) is 4.98 Å². The van der Waals surface area contributed by atoms with Crippen LogP contribution in [0.2, 0.25) is 0 Å². The minimum absolute atomic E-state index is 0.00152. The summed E-state index contributed by atoms with van der Waals surface area (Å²) in [6.07, 6.45) is 2.85. The predicted octanol–water partition coefficient (Wildman–Crippen LogP) is 1.94. The molecule has 2 aromatic heterocycles. The Balaban J connectivity index is 1.43. The highest BCUT2D eigenvalue weighted by Crippen LogP contribution is 2.23. The second-order valence-electron chi connectivity index (χ2n) is 7.33. The van der Waals surface area contributed by atoms with Crippen LogP contribution >= 0.6 is 0 Å². The maximum Gasteiger partial charge on any atom is 0.263 e. The molecule has 31 heavy (non-hydrogen) atoms.